The van der Waals surface area contributed by atoms with E-state index in [1.54, 1.807) is 16.7 Å². The molecule has 1 aliphatic heterocycles. The lowest BCUT2D eigenvalue weighted by Crippen LogP contribution is -2.51. The molecule has 0 unspecified atom stereocenters. The van der Waals surface area contributed by atoms with Crippen LogP contribution >= 0.6 is 0 Å². The molecule has 22 heavy (non-hydrogen) atoms. The van der Waals surface area contributed by atoms with Crippen LogP contribution in [-0.2, 0) is 0 Å². The number of nitrogens with zero attached hydrogens (tertiary/aromatic N) is 3. The number of aromatic nitrogens is 2. The lowest BCUT2D eigenvalue weighted by molar-refractivity contribution is 0.105. The van der Waals surface area contributed by atoms with Crippen molar-refractivity contribution in [2.75, 3.05) is 25.0 Å². The molecular formula is C17H24N4O. The zero-order valence-corrected chi connectivity index (χ0v) is 13.4. The SMILES string of the molecule is CC(C)(CNc1cc(=O)n2ccccc2n1)N1CCCCC1. The summed E-state index contributed by atoms with van der Waals surface area (Å²) in [5.41, 5.74) is 0.682. The van der Waals surface area contributed by atoms with Gasteiger partial charge in [0.2, 0.25) is 0 Å². The first-order chi connectivity index (χ1) is 10.6. The molecule has 3 rings (SSSR count). The Morgan fingerprint density at radius 3 is 2.77 bits per heavy atom. The highest BCUT2D eigenvalue weighted by atomic mass is 16.1. The smallest absolute Gasteiger partial charge is 0.259 e. The van der Waals surface area contributed by atoms with Gasteiger partial charge in [0.05, 0.1) is 0 Å². The molecule has 1 fully saturated rings. The van der Waals surface area contributed by atoms with Crippen molar-refractivity contribution in [3.63, 3.8) is 0 Å². The Balaban J connectivity index is 1.74. The van der Waals surface area contributed by atoms with E-state index in [0.29, 0.717) is 11.5 Å². The molecule has 5 heteroatoms. The molecule has 1 saturated heterocycles. The summed E-state index contributed by atoms with van der Waals surface area (Å²) < 4.78 is 1.56. The molecule has 0 aromatic carbocycles. The summed E-state index contributed by atoms with van der Waals surface area (Å²) in [6.45, 7) is 7.59. The van der Waals surface area contributed by atoms with Crippen LogP contribution in [-0.4, -0.2) is 39.5 Å². The highest BCUT2D eigenvalue weighted by molar-refractivity contribution is 5.46. The van der Waals surface area contributed by atoms with Gasteiger partial charge in [0.1, 0.15) is 11.5 Å². The maximum Gasteiger partial charge on any atom is 0.259 e. The average Bonchev–Trinajstić information content (AvgIpc) is 2.54. The van der Waals surface area contributed by atoms with E-state index < -0.39 is 0 Å². The quantitative estimate of drug-likeness (QED) is 0.942. The number of nitrogens with one attached hydrogen (secondary N) is 1. The molecule has 0 radical (unpaired) electrons. The first-order valence-corrected chi connectivity index (χ1v) is 8.04. The van der Waals surface area contributed by atoms with E-state index in [2.05, 4.69) is 29.0 Å². The first kappa shape index (κ1) is 15.0. The van der Waals surface area contributed by atoms with Gasteiger partial charge in [0.25, 0.3) is 5.56 Å². The Hall–Kier alpha value is -1.88. The van der Waals surface area contributed by atoms with E-state index >= 15 is 0 Å². The summed E-state index contributed by atoms with van der Waals surface area (Å²) in [5.74, 6) is 0.654. The minimum Gasteiger partial charge on any atom is -0.368 e. The topological polar surface area (TPSA) is 49.6 Å². The number of pyridine rings is 1. The fraction of sp³-hybridized carbons (Fsp3) is 0.529. The maximum absolute atomic E-state index is 12.1. The van der Waals surface area contributed by atoms with Crippen molar-refractivity contribution >= 4 is 11.5 Å². The summed E-state index contributed by atoms with van der Waals surface area (Å²) in [6.07, 6.45) is 5.63. The minimum atomic E-state index is -0.0520. The van der Waals surface area contributed by atoms with E-state index in [-0.39, 0.29) is 11.1 Å². The molecule has 5 nitrogen and oxygen atoms in total. The molecule has 0 bridgehead atoms. The van der Waals surface area contributed by atoms with Crippen molar-refractivity contribution in [1.29, 1.82) is 0 Å². The van der Waals surface area contributed by atoms with Gasteiger partial charge >= 0.3 is 0 Å². The summed E-state index contributed by atoms with van der Waals surface area (Å²) >= 11 is 0. The predicted octanol–water partition coefficient (Wildman–Crippen LogP) is 2.37. The van der Waals surface area contributed by atoms with Gasteiger partial charge in [-0.05, 0) is 51.9 Å². The summed E-state index contributed by atoms with van der Waals surface area (Å²) in [6, 6.07) is 7.15. The van der Waals surface area contributed by atoms with E-state index in [4.69, 9.17) is 0 Å². The van der Waals surface area contributed by atoms with Gasteiger partial charge in [0.15, 0.2) is 0 Å². The van der Waals surface area contributed by atoms with Crippen molar-refractivity contribution in [3.8, 4) is 0 Å². The summed E-state index contributed by atoms with van der Waals surface area (Å²) in [4.78, 5) is 19.1. The van der Waals surface area contributed by atoms with E-state index in [1.807, 2.05) is 18.2 Å². The highest BCUT2D eigenvalue weighted by Crippen LogP contribution is 2.20. The number of hydrogen-bond donors (Lipinski definition) is 1. The van der Waals surface area contributed by atoms with Crippen LogP contribution in [0.5, 0.6) is 0 Å². The third-order valence-electron chi connectivity index (χ3n) is 4.49. The molecule has 1 N–H and O–H groups in total. The fourth-order valence-corrected chi connectivity index (χ4v) is 3.06. The van der Waals surface area contributed by atoms with Gasteiger partial charge in [-0.15, -0.1) is 0 Å². The van der Waals surface area contributed by atoms with Gasteiger partial charge in [0, 0.05) is 24.3 Å². The Morgan fingerprint density at radius 1 is 1.23 bits per heavy atom. The minimum absolute atomic E-state index is 0.0520. The normalized spacial score (nSPS) is 16.8. The number of piperidine rings is 1. The summed E-state index contributed by atoms with van der Waals surface area (Å²) in [7, 11) is 0. The third kappa shape index (κ3) is 3.14. The largest absolute Gasteiger partial charge is 0.368 e. The maximum atomic E-state index is 12.1. The highest BCUT2D eigenvalue weighted by Gasteiger charge is 2.27. The van der Waals surface area contributed by atoms with Gasteiger partial charge in [-0.2, -0.15) is 0 Å². The number of anilines is 1. The Bertz CT molecular complexity index is 701. The van der Waals surface area contributed by atoms with Crippen molar-refractivity contribution in [2.24, 2.45) is 0 Å². The molecule has 3 heterocycles. The Kier molecular flexibility index (Phi) is 4.16. The van der Waals surface area contributed by atoms with E-state index in [1.165, 1.54) is 19.3 Å². The molecular weight excluding hydrogens is 276 g/mol. The monoisotopic (exact) mass is 300 g/mol. The molecule has 2 aromatic heterocycles. The standard InChI is InChI=1S/C17H24N4O/c1-17(2,20-9-5-3-6-10-20)13-18-14-12-16(22)21-11-7-4-8-15(21)19-14/h4,7-8,11-12,18H,3,5-6,9-10,13H2,1-2H3. The number of hydrogen-bond acceptors (Lipinski definition) is 4. The van der Waals surface area contributed by atoms with Crippen molar-refractivity contribution < 1.29 is 0 Å². The zero-order valence-electron chi connectivity index (χ0n) is 13.4. The van der Waals surface area contributed by atoms with Crippen LogP contribution in [0.25, 0.3) is 5.65 Å². The lowest BCUT2D eigenvalue weighted by atomic mass is 9.98. The second-order valence-electron chi connectivity index (χ2n) is 6.62. The number of rotatable bonds is 4. The Labute approximate surface area is 131 Å². The predicted molar refractivity (Wildman–Crippen MR) is 89.5 cm³/mol. The van der Waals surface area contributed by atoms with Crippen LogP contribution in [0.2, 0.25) is 0 Å². The van der Waals surface area contributed by atoms with Crippen LogP contribution in [0.15, 0.2) is 35.3 Å². The molecule has 118 valence electrons. The van der Waals surface area contributed by atoms with Gasteiger partial charge < -0.3 is 5.32 Å². The molecule has 0 aliphatic carbocycles. The van der Waals surface area contributed by atoms with Gasteiger partial charge in [-0.1, -0.05) is 12.5 Å². The second kappa shape index (κ2) is 6.08. The van der Waals surface area contributed by atoms with Crippen LogP contribution in [0.1, 0.15) is 33.1 Å². The molecule has 0 spiro atoms. The van der Waals surface area contributed by atoms with Crippen LogP contribution in [0.4, 0.5) is 5.82 Å². The van der Waals surface area contributed by atoms with Crippen LogP contribution < -0.4 is 10.9 Å². The van der Waals surface area contributed by atoms with Gasteiger partial charge in [-0.3, -0.25) is 14.1 Å². The fourth-order valence-electron chi connectivity index (χ4n) is 3.06. The summed E-state index contributed by atoms with van der Waals surface area (Å²) in [5, 5.41) is 3.35. The first-order valence-electron chi connectivity index (χ1n) is 8.04. The molecule has 1 aliphatic rings. The number of fused-ring (bicyclic) bond motifs is 1. The van der Waals surface area contributed by atoms with Crippen LogP contribution in [0, 0.1) is 0 Å². The van der Waals surface area contributed by atoms with Crippen molar-refractivity contribution in [3.05, 3.63) is 40.8 Å². The second-order valence-corrected chi connectivity index (χ2v) is 6.62. The van der Waals surface area contributed by atoms with Gasteiger partial charge in [-0.25, -0.2) is 4.98 Å². The zero-order chi connectivity index (χ0) is 15.6. The van der Waals surface area contributed by atoms with E-state index in [0.717, 1.165) is 19.6 Å². The molecule has 2 aromatic rings. The molecule has 0 atom stereocenters. The van der Waals surface area contributed by atoms with Crippen molar-refractivity contribution in [1.82, 2.24) is 14.3 Å². The average molecular weight is 300 g/mol. The lowest BCUT2D eigenvalue weighted by Gasteiger charge is -2.41. The Morgan fingerprint density at radius 2 is 2.00 bits per heavy atom. The molecule has 0 saturated carbocycles. The van der Waals surface area contributed by atoms with E-state index in [9.17, 15) is 4.79 Å². The van der Waals surface area contributed by atoms with Crippen LogP contribution in [0.3, 0.4) is 0 Å². The number of likely N-dealkylation sites (tertiary alicyclic amines) is 1. The van der Waals surface area contributed by atoms with Crippen molar-refractivity contribution in [2.45, 2.75) is 38.6 Å². The molecule has 0 amide bonds. The third-order valence-corrected chi connectivity index (χ3v) is 4.49.